The van der Waals surface area contributed by atoms with Crippen LogP contribution in [0.25, 0.3) is 0 Å². The lowest BCUT2D eigenvalue weighted by atomic mass is 9.96. The fourth-order valence-electron chi connectivity index (χ4n) is 2.87. The molecule has 0 atom stereocenters. The fraction of sp³-hybridized carbons (Fsp3) is 0.667. The molecule has 1 aliphatic rings. The van der Waals surface area contributed by atoms with E-state index in [0.717, 1.165) is 18.3 Å². The van der Waals surface area contributed by atoms with Gasteiger partial charge in [0.05, 0.1) is 0 Å². The first-order chi connectivity index (χ1) is 9.11. The van der Waals surface area contributed by atoms with Crippen LogP contribution in [0.15, 0.2) is 12.3 Å². The molecule has 4 nitrogen and oxygen atoms in total. The van der Waals surface area contributed by atoms with Gasteiger partial charge in [0, 0.05) is 31.9 Å². The number of nitrogens with zero attached hydrogens (tertiary/aromatic N) is 3. The van der Waals surface area contributed by atoms with Gasteiger partial charge in [-0.1, -0.05) is 0 Å². The van der Waals surface area contributed by atoms with Crippen molar-refractivity contribution in [2.45, 2.75) is 26.3 Å². The smallest absolute Gasteiger partial charge is 0.133 e. The Bertz CT molecular complexity index is 411. The Kier molecular flexibility index (Phi) is 4.77. The van der Waals surface area contributed by atoms with E-state index in [-0.39, 0.29) is 0 Å². The molecule has 0 radical (unpaired) electrons. The van der Waals surface area contributed by atoms with Gasteiger partial charge in [-0.25, -0.2) is 4.98 Å². The summed E-state index contributed by atoms with van der Waals surface area (Å²) in [6, 6.07) is 2.04. The molecule has 106 valence electrons. The van der Waals surface area contributed by atoms with Gasteiger partial charge in [-0.05, 0) is 57.5 Å². The summed E-state index contributed by atoms with van der Waals surface area (Å²) >= 11 is 0. The normalized spacial score (nSPS) is 17.7. The van der Waals surface area contributed by atoms with Crippen LogP contribution in [-0.2, 0) is 6.54 Å². The predicted molar refractivity (Wildman–Crippen MR) is 80.4 cm³/mol. The molecule has 19 heavy (non-hydrogen) atoms. The summed E-state index contributed by atoms with van der Waals surface area (Å²) in [6.45, 7) is 6.17. The first kappa shape index (κ1) is 14.3. The van der Waals surface area contributed by atoms with Gasteiger partial charge in [-0.15, -0.1) is 0 Å². The van der Waals surface area contributed by atoms with Crippen LogP contribution in [0.4, 0.5) is 5.82 Å². The maximum absolute atomic E-state index is 5.87. The molecule has 2 rings (SSSR count). The number of hydrogen-bond acceptors (Lipinski definition) is 4. The number of pyridine rings is 1. The molecule has 1 fully saturated rings. The van der Waals surface area contributed by atoms with Gasteiger partial charge in [0.15, 0.2) is 0 Å². The number of piperidine rings is 1. The maximum Gasteiger partial charge on any atom is 0.133 e. The summed E-state index contributed by atoms with van der Waals surface area (Å²) in [5, 5.41) is 0. The Morgan fingerprint density at radius 2 is 2.11 bits per heavy atom. The van der Waals surface area contributed by atoms with E-state index in [1.807, 2.05) is 12.3 Å². The number of nitrogens with two attached hydrogens (primary N) is 1. The van der Waals surface area contributed by atoms with Crippen LogP contribution in [-0.4, -0.2) is 43.6 Å². The zero-order chi connectivity index (χ0) is 13.8. The predicted octanol–water partition coefficient (Wildman–Crippen LogP) is 1.63. The number of aryl methyl sites for hydroxylation is 1. The molecular weight excluding hydrogens is 236 g/mol. The van der Waals surface area contributed by atoms with Crippen molar-refractivity contribution in [3.05, 3.63) is 23.4 Å². The highest BCUT2D eigenvalue weighted by Gasteiger charge is 2.20. The molecule has 0 bridgehead atoms. The lowest BCUT2D eigenvalue weighted by Crippen LogP contribution is -2.36. The van der Waals surface area contributed by atoms with Crippen LogP contribution in [0.2, 0.25) is 0 Å². The molecule has 0 saturated carbocycles. The molecule has 1 aromatic rings. The Balaban J connectivity index is 2.03. The van der Waals surface area contributed by atoms with Crippen molar-refractivity contribution in [3.63, 3.8) is 0 Å². The minimum atomic E-state index is 0.562. The van der Waals surface area contributed by atoms with Gasteiger partial charge in [-0.3, -0.25) is 0 Å². The van der Waals surface area contributed by atoms with E-state index in [2.05, 4.69) is 35.8 Å². The number of anilines is 1. The Morgan fingerprint density at radius 1 is 1.42 bits per heavy atom. The Hall–Kier alpha value is -1.13. The zero-order valence-electron chi connectivity index (χ0n) is 12.4. The summed E-state index contributed by atoms with van der Waals surface area (Å²) in [7, 11) is 4.34. The summed E-state index contributed by atoms with van der Waals surface area (Å²) in [4.78, 5) is 9.22. The highest BCUT2D eigenvalue weighted by molar-refractivity contribution is 5.49. The van der Waals surface area contributed by atoms with E-state index >= 15 is 0 Å². The largest absolute Gasteiger partial charge is 0.359 e. The van der Waals surface area contributed by atoms with Crippen LogP contribution in [0, 0.1) is 12.8 Å². The van der Waals surface area contributed by atoms with E-state index in [1.165, 1.54) is 37.1 Å². The van der Waals surface area contributed by atoms with Gasteiger partial charge >= 0.3 is 0 Å². The summed E-state index contributed by atoms with van der Waals surface area (Å²) in [6.07, 6.45) is 4.45. The molecule has 0 aromatic carbocycles. The van der Waals surface area contributed by atoms with Gasteiger partial charge in [0.1, 0.15) is 5.82 Å². The summed E-state index contributed by atoms with van der Waals surface area (Å²) in [5.41, 5.74) is 8.28. The van der Waals surface area contributed by atoms with Gasteiger partial charge < -0.3 is 15.5 Å². The quantitative estimate of drug-likeness (QED) is 0.896. The fourth-order valence-corrected chi connectivity index (χ4v) is 2.87. The molecule has 2 heterocycles. The number of likely N-dealkylation sites (tertiary alicyclic amines) is 1. The molecule has 0 spiro atoms. The van der Waals surface area contributed by atoms with Crippen molar-refractivity contribution in [2.75, 3.05) is 38.6 Å². The second-order valence-corrected chi connectivity index (χ2v) is 5.76. The molecule has 0 unspecified atom stereocenters. The monoisotopic (exact) mass is 262 g/mol. The lowest BCUT2D eigenvalue weighted by molar-refractivity contribution is 0.222. The molecule has 2 N–H and O–H groups in total. The molecule has 1 aliphatic heterocycles. The van der Waals surface area contributed by atoms with Crippen LogP contribution in [0.3, 0.4) is 0 Å². The van der Waals surface area contributed by atoms with E-state index < -0.39 is 0 Å². The third-order valence-corrected chi connectivity index (χ3v) is 4.20. The molecule has 1 saturated heterocycles. The number of aromatic nitrogens is 1. The summed E-state index contributed by atoms with van der Waals surface area (Å²) < 4.78 is 0. The van der Waals surface area contributed by atoms with Crippen molar-refractivity contribution in [1.29, 1.82) is 0 Å². The summed E-state index contributed by atoms with van der Waals surface area (Å²) in [5.74, 6) is 1.83. The van der Waals surface area contributed by atoms with E-state index in [4.69, 9.17) is 5.73 Å². The second-order valence-electron chi connectivity index (χ2n) is 5.76. The topological polar surface area (TPSA) is 45.4 Å². The van der Waals surface area contributed by atoms with Crippen LogP contribution in [0.1, 0.15) is 24.0 Å². The van der Waals surface area contributed by atoms with Crippen molar-refractivity contribution in [3.8, 4) is 0 Å². The maximum atomic E-state index is 5.87. The number of hydrogen-bond donors (Lipinski definition) is 1. The Morgan fingerprint density at radius 3 is 2.74 bits per heavy atom. The molecule has 0 amide bonds. The van der Waals surface area contributed by atoms with E-state index in [0.29, 0.717) is 6.54 Å². The van der Waals surface area contributed by atoms with Crippen molar-refractivity contribution < 1.29 is 0 Å². The third kappa shape index (κ3) is 3.45. The van der Waals surface area contributed by atoms with E-state index in [1.54, 1.807) is 0 Å². The molecule has 1 aromatic heterocycles. The third-order valence-electron chi connectivity index (χ3n) is 4.20. The van der Waals surface area contributed by atoms with Crippen molar-refractivity contribution >= 4 is 5.82 Å². The highest BCUT2D eigenvalue weighted by Crippen LogP contribution is 2.23. The van der Waals surface area contributed by atoms with Crippen molar-refractivity contribution in [1.82, 2.24) is 9.88 Å². The van der Waals surface area contributed by atoms with Gasteiger partial charge in [-0.2, -0.15) is 0 Å². The molecule has 4 heteroatoms. The second kappa shape index (κ2) is 6.35. The SMILES string of the molecule is Cc1ccnc(N(C)CC2CCN(C)CC2)c1CN. The first-order valence-electron chi connectivity index (χ1n) is 7.16. The van der Waals surface area contributed by atoms with E-state index in [9.17, 15) is 0 Å². The minimum Gasteiger partial charge on any atom is -0.359 e. The first-order valence-corrected chi connectivity index (χ1v) is 7.16. The molecule has 0 aliphatic carbocycles. The highest BCUT2D eigenvalue weighted by atomic mass is 15.2. The van der Waals surface area contributed by atoms with Crippen molar-refractivity contribution in [2.24, 2.45) is 11.7 Å². The van der Waals surface area contributed by atoms with Crippen LogP contribution in [0.5, 0.6) is 0 Å². The molecular formula is C15H26N4. The average molecular weight is 262 g/mol. The van der Waals surface area contributed by atoms with Crippen LogP contribution < -0.4 is 10.6 Å². The standard InChI is InChI=1S/C15H26N4/c1-12-4-7-17-15(14(12)10-16)19(3)11-13-5-8-18(2)9-6-13/h4,7,13H,5-6,8-11,16H2,1-3H3. The van der Waals surface area contributed by atoms with Gasteiger partial charge in [0.2, 0.25) is 0 Å². The van der Waals surface area contributed by atoms with Crippen LogP contribution >= 0.6 is 0 Å². The Labute approximate surface area is 116 Å². The number of rotatable bonds is 4. The zero-order valence-corrected chi connectivity index (χ0v) is 12.4. The average Bonchev–Trinajstić information content (AvgIpc) is 2.41. The van der Waals surface area contributed by atoms with Gasteiger partial charge in [0.25, 0.3) is 0 Å². The minimum absolute atomic E-state index is 0.562. The lowest BCUT2D eigenvalue weighted by Gasteiger charge is -2.32.